The number of nitrogens with one attached hydrogen (secondary N) is 1. The zero-order valence-electron chi connectivity index (χ0n) is 7.92. The third-order valence-electron chi connectivity index (χ3n) is 3.43. The molecule has 0 aliphatic heterocycles. The van der Waals surface area contributed by atoms with E-state index in [0.717, 1.165) is 11.8 Å². The standard InChI is InChI=1S/C11H16N2/c1-2-4-8(3-1)10-11(9-5-6-9)13-7-12-10/h7-9H,1-6H2,(H,12,13). The van der Waals surface area contributed by atoms with Crippen LogP contribution in [0.3, 0.4) is 0 Å². The summed E-state index contributed by atoms with van der Waals surface area (Å²) >= 11 is 0. The highest BCUT2D eigenvalue weighted by Crippen LogP contribution is 2.44. The summed E-state index contributed by atoms with van der Waals surface area (Å²) in [5.74, 6) is 1.61. The van der Waals surface area contributed by atoms with Crippen molar-refractivity contribution in [2.45, 2.75) is 50.4 Å². The second-order valence-corrected chi connectivity index (χ2v) is 4.46. The molecule has 0 aromatic carbocycles. The van der Waals surface area contributed by atoms with Gasteiger partial charge < -0.3 is 4.98 Å². The fraction of sp³-hybridized carbons (Fsp3) is 0.727. The van der Waals surface area contributed by atoms with Gasteiger partial charge in [0, 0.05) is 17.5 Å². The van der Waals surface area contributed by atoms with Gasteiger partial charge in [-0.15, -0.1) is 0 Å². The number of aromatic amines is 1. The molecule has 1 heterocycles. The molecule has 2 aliphatic carbocycles. The Bertz CT molecular complexity index is 293. The highest BCUT2D eigenvalue weighted by molar-refractivity contribution is 5.24. The molecule has 0 amide bonds. The average Bonchev–Trinajstić information content (AvgIpc) is 2.72. The van der Waals surface area contributed by atoms with E-state index < -0.39 is 0 Å². The maximum atomic E-state index is 4.47. The second kappa shape index (κ2) is 2.86. The van der Waals surface area contributed by atoms with Crippen LogP contribution in [0.4, 0.5) is 0 Å². The average molecular weight is 176 g/mol. The first-order valence-electron chi connectivity index (χ1n) is 5.48. The fourth-order valence-corrected chi connectivity index (χ4v) is 2.54. The van der Waals surface area contributed by atoms with Crippen molar-refractivity contribution in [1.29, 1.82) is 0 Å². The number of hydrogen-bond donors (Lipinski definition) is 1. The normalized spacial score (nSPS) is 24.0. The molecule has 0 unspecified atom stereocenters. The molecule has 2 aliphatic rings. The molecule has 2 nitrogen and oxygen atoms in total. The van der Waals surface area contributed by atoms with Gasteiger partial charge in [0.1, 0.15) is 0 Å². The quantitative estimate of drug-likeness (QED) is 0.737. The summed E-state index contributed by atoms with van der Waals surface area (Å²) in [5.41, 5.74) is 2.87. The van der Waals surface area contributed by atoms with Crippen LogP contribution in [0.2, 0.25) is 0 Å². The van der Waals surface area contributed by atoms with Crippen molar-refractivity contribution < 1.29 is 0 Å². The molecule has 2 saturated carbocycles. The van der Waals surface area contributed by atoms with Gasteiger partial charge in [0.05, 0.1) is 12.0 Å². The van der Waals surface area contributed by atoms with Crippen LogP contribution < -0.4 is 0 Å². The molecule has 70 valence electrons. The largest absolute Gasteiger partial charge is 0.348 e. The predicted molar refractivity (Wildman–Crippen MR) is 51.8 cm³/mol. The van der Waals surface area contributed by atoms with Crippen LogP contribution in [0, 0.1) is 0 Å². The van der Waals surface area contributed by atoms with Gasteiger partial charge in [-0.3, -0.25) is 0 Å². The third-order valence-corrected chi connectivity index (χ3v) is 3.43. The van der Waals surface area contributed by atoms with E-state index in [0.29, 0.717) is 0 Å². The number of nitrogens with zero attached hydrogens (tertiary/aromatic N) is 1. The van der Waals surface area contributed by atoms with E-state index in [4.69, 9.17) is 0 Å². The molecule has 0 radical (unpaired) electrons. The highest BCUT2D eigenvalue weighted by atomic mass is 14.9. The Balaban J connectivity index is 1.88. The topological polar surface area (TPSA) is 28.7 Å². The molecule has 2 heteroatoms. The van der Waals surface area contributed by atoms with Crippen LogP contribution in [-0.4, -0.2) is 9.97 Å². The number of aromatic nitrogens is 2. The van der Waals surface area contributed by atoms with Crippen LogP contribution in [0.1, 0.15) is 61.7 Å². The number of H-pyrrole nitrogens is 1. The van der Waals surface area contributed by atoms with Crippen molar-refractivity contribution in [2.75, 3.05) is 0 Å². The van der Waals surface area contributed by atoms with E-state index in [1.807, 2.05) is 6.33 Å². The maximum Gasteiger partial charge on any atom is 0.0925 e. The lowest BCUT2D eigenvalue weighted by atomic mass is 10.0. The lowest BCUT2D eigenvalue weighted by Crippen LogP contribution is -1.97. The first-order valence-corrected chi connectivity index (χ1v) is 5.48. The number of imidazole rings is 1. The Hall–Kier alpha value is -0.790. The van der Waals surface area contributed by atoms with E-state index >= 15 is 0 Å². The first kappa shape index (κ1) is 7.60. The third kappa shape index (κ3) is 1.28. The van der Waals surface area contributed by atoms with Gasteiger partial charge in [-0.1, -0.05) is 12.8 Å². The van der Waals surface area contributed by atoms with Gasteiger partial charge in [-0.2, -0.15) is 0 Å². The van der Waals surface area contributed by atoms with E-state index in [-0.39, 0.29) is 0 Å². The molecule has 0 spiro atoms. The minimum Gasteiger partial charge on any atom is -0.348 e. The van der Waals surface area contributed by atoms with Crippen molar-refractivity contribution in [3.8, 4) is 0 Å². The highest BCUT2D eigenvalue weighted by Gasteiger charge is 2.31. The predicted octanol–water partition coefficient (Wildman–Crippen LogP) is 2.94. The summed E-state index contributed by atoms with van der Waals surface area (Å²) in [6.45, 7) is 0. The smallest absolute Gasteiger partial charge is 0.0925 e. The van der Waals surface area contributed by atoms with Crippen LogP contribution in [-0.2, 0) is 0 Å². The Morgan fingerprint density at radius 2 is 1.85 bits per heavy atom. The molecule has 3 rings (SSSR count). The minimum absolute atomic E-state index is 0.804. The monoisotopic (exact) mass is 176 g/mol. The number of rotatable bonds is 2. The molecule has 0 saturated heterocycles. The van der Waals surface area contributed by atoms with Crippen molar-refractivity contribution in [1.82, 2.24) is 9.97 Å². The Kier molecular flexibility index (Phi) is 1.67. The van der Waals surface area contributed by atoms with Crippen molar-refractivity contribution in [2.24, 2.45) is 0 Å². The molecule has 0 atom stereocenters. The van der Waals surface area contributed by atoms with Gasteiger partial charge in [0.15, 0.2) is 0 Å². The summed E-state index contributed by atoms with van der Waals surface area (Å²) in [6.07, 6.45) is 10.2. The minimum atomic E-state index is 0.804. The van der Waals surface area contributed by atoms with Gasteiger partial charge in [-0.25, -0.2) is 4.98 Å². The molecule has 0 bridgehead atoms. The van der Waals surface area contributed by atoms with Crippen LogP contribution >= 0.6 is 0 Å². The summed E-state index contributed by atoms with van der Waals surface area (Å²) in [4.78, 5) is 7.83. The molecule has 13 heavy (non-hydrogen) atoms. The van der Waals surface area contributed by atoms with Crippen LogP contribution in [0.15, 0.2) is 6.33 Å². The van der Waals surface area contributed by atoms with E-state index in [1.54, 1.807) is 0 Å². The Morgan fingerprint density at radius 1 is 1.08 bits per heavy atom. The molecular weight excluding hydrogens is 160 g/mol. The van der Waals surface area contributed by atoms with Crippen molar-refractivity contribution in [3.05, 3.63) is 17.7 Å². The summed E-state index contributed by atoms with van der Waals surface area (Å²) in [7, 11) is 0. The maximum absolute atomic E-state index is 4.47. The van der Waals surface area contributed by atoms with Gasteiger partial charge in [0.25, 0.3) is 0 Å². The molecule has 1 N–H and O–H groups in total. The van der Waals surface area contributed by atoms with Crippen LogP contribution in [0.5, 0.6) is 0 Å². The number of hydrogen-bond acceptors (Lipinski definition) is 1. The van der Waals surface area contributed by atoms with Crippen LogP contribution in [0.25, 0.3) is 0 Å². The molecule has 2 fully saturated rings. The van der Waals surface area contributed by atoms with Gasteiger partial charge in [-0.05, 0) is 25.7 Å². The van der Waals surface area contributed by atoms with Crippen molar-refractivity contribution >= 4 is 0 Å². The van der Waals surface area contributed by atoms with Crippen molar-refractivity contribution in [3.63, 3.8) is 0 Å². The summed E-state index contributed by atoms with van der Waals surface area (Å²) < 4.78 is 0. The summed E-state index contributed by atoms with van der Waals surface area (Å²) in [6, 6.07) is 0. The Morgan fingerprint density at radius 3 is 2.54 bits per heavy atom. The second-order valence-electron chi connectivity index (χ2n) is 4.46. The lowest BCUT2D eigenvalue weighted by molar-refractivity contribution is 0.690. The summed E-state index contributed by atoms with van der Waals surface area (Å²) in [5, 5.41) is 0. The zero-order valence-corrected chi connectivity index (χ0v) is 7.92. The van der Waals surface area contributed by atoms with Gasteiger partial charge in [0.2, 0.25) is 0 Å². The Labute approximate surface area is 78.8 Å². The molecular formula is C11H16N2. The molecule has 1 aromatic rings. The first-order chi connectivity index (χ1) is 6.45. The van der Waals surface area contributed by atoms with E-state index in [9.17, 15) is 0 Å². The fourth-order valence-electron chi connectivity index (χ4n) is 2.54. The van der Waals surface area contributed by atoms with E-state index in [1.165, 1.54) is 49.9 Å². The zero-order chi connectivity index (χ0) is 8.67. The SMILES string of the molecule is c1nc(C2CC2)c(C2CCCC2)[nH]1. The van der Waals surface area contributed by atoms with Gasteiger partial charge >= 0.3 is 0 Å². The van der Waals surface area contributed by atoms with E-state index in [2.05, 4.69) is 9.97 Å². The lowest BCUT2D eigenvalue weighted by Gasteiger charge is -2.08. The molecule has 1 aromatic heterocycles.